The highest BCUT2D eigenvalue weighted by Gasteiger charge is 2.27. The Hall–Kier alpha value is -2.38. The fraction of sp³-hybridized carbons (Fsp3) is 0.381. The van der Waals surface area contributed by atoms with E-state index >= 15 is 0 Å². The van der Waals surface area contributed by atoms with Crippen molar-refractivity contribution in [3.8, 4) is 5.75 Å². The number of hydrogen-bond donors (Lipinski definition) is 1. The van der Waals surface area contributed by atoms with Crippen molar-refractivity contribution in [2.45, 2.75) is 38.5 Å². The molecule has 1 amide bonds. The van der Waals surface area contributed by atoms with Crippen molar-refractivity contribution in [2.24, 2.45) is 0 Å². The molecule has 2 aromatic carbocycles. The van der Waals surface area contributed by atoms with Gasteiger partial charge in [-0.15, -0.1) is 0 Å². The van der Waals surface area contributed by atoms with Gasteiger partial charge in [0.2, 0.25) is 15.9 Å². The van der Waals surface area contributed by atoms with Gasteiger partial charge in [0, 0.05) is 12.7 Å². The van der Waals surface area contributed by atoms with Crippen molar-refractivity contribution in [3.63, 3.8) is 0 Å². The number of carbonyl (C=O) groups is 1. The molecule has 7 heteroatoms. The maximum atomic E-state index is 13.0. The number of rotatable bonds is 8. The van der Waals surface area contributed by atoms with E-state index in [1.807, 2.05) is 32.0 Å². The second kappa shape index (κ2) is 9.21. The van der Waals surface area contributed by atoms with Gasteiger partial charge in [0.05, 0.1) is 13.7 Å². The second-order valence-electron chi connectivity index (χ2n) is 6.62. The maximum Gasteiger partial charge on any atom is 0.246 e. The summed E-state index contributed by atoms with van der Waals surface area (Å²) in [6.07, 6.45) is 1.55. The van der Waals surface area contributed by atoms with Gasteiger partial charge < -0.3 is 10.1 Å². The zero-order chi connectivity index (χ0) is 20.9. The molecule has 0 saturated carbocycles. The number of likely N-dealkylation sites (N-methyl/N-ethyl adjacent to an activating group) is 1. The summed E-state index contributed by atoms with van der Waals surface area (Å²) in [6, 6.07) is 10.8. The molecular formula is C21H28N2O4S. The van der Waals surface area contributed by atoms with Crippen LogP contribution in [-0.4, -0.2) is 39.3 Å². The first-order chi connectivity index (χ1) is 13.2. The van der Waals surface area contributed by atoms with Crippen LogP contribution in [0.25, 0.3) is 0 Å². The number of anilines is 1. The van der Waals surface area contributed by atoms with E-state index in [1.54, 1.807) is 25.1 Å². The van der Waals surface area contributed by atoms with Crippen molar-refractivity contribution in [1.82, 2.24) is 4.31 Å². The first-order valence-electron chi connectivity index (χ1n) is 9.26. The van der Waals surface area contributed by atoms with E-state index in [-0.39, 0.29) is 23.1 Å². The number of hydrogen-bond acceptors (Lipinski definition) is 4. The molecule has 0 heterocycles. The van der Waals surface area contributed by atoms with Crippen LogP contribution in [0.15, 0.2) is 41.3 Å². The predicted molar refractivity (Wildman–Crippen MR) is 111 cm³/mol. The van der Waals surface area contributed by atoms with Crippen molar-refractivity contribution >= 4 is 21.6 Å². The lowest BCUT2D eigenvalue weighted by Crippen LogP contribution is -2.35. The fourth-order valence-corrected chi connectivity index (χ4v) is 4.39. The average Bonchev–Trinajstić information content (AvgIpc) is 2.67. The van der Waals surface area contributed by atoms with E-state index in [4.69, 9.17) is 4.74 Å². The molecule has 0 aliphatic rings. The van der Waals surface area contributed by atoms with Gasteiger partial charge >= 0.3 is 0 Å². The molecule has 0 aliphatic carbocycles. The van der Waals surface area contributed by atoms with Crippen LogP contribution < -0.4 is 10.1 Å². The Morgan fingerprint density at radius 3 is 2.25 bits per heavy atom. The second-order valence-corrected chi connectivity index (χ2v) is 8.64. The summed E-state index contributed by atoms with van der Waals surface area (Å²) in [6.45, 7) is 5.55. The summed E-state index contributed by atoms with van der Waals surface area (Å²) in [5.41, 5.74) is 3.62. The monoisotopic (exact) mass is 404 g/mol. The summed E-state index contributed by atoms with van der Waals surface area (Å²) in [7, 11) is -1.06. The summed E-state index contributed by atoms with van der Waals surface area (Å²) < 4.78 is 32.2. The number of methoxy groups -OCH3 is 1. The van der Waals surface area contributed by atoms with Crippen LogP contribution in [0.5, 0.6) is 5.75 Å². The molecule has 0 saturated heterocycles. The van der Waals surface area contributed by atoms with E-state index in [0.29, 0.717) is 0 Å². The van der Waals surface area contributed by atoms with Crippen molar-refractivity contribution in [2.75, 3.05) is 26.0 Å². The minimum absolute atomic E-state index is 0.0495. The van der Waals surface area contributed by atoms with Crippen LogP contribution >= 0.6 is 0 Å². The fourth-order valence-electron chi connectivity index (χ4n) is 3.02. The number of carbonyl (C=O) groups excluding carboxylic acids is 1. The van der Waals surface area contributed by atoms with E-state index in [2.05, 4.69) is 5.32 Å². The van der Waals surface area contributed by atoms with E-state index in [0.717, 1.165) is 39.5 Å². The molecule has 2 rings (SSSR count). The van der Waals surface area contributed by atoms with Crippen molar-refractivity contribution < 1.29 is 17.9 Å². The lowest BCUT2D eigenvalue weighted by atomic mass is 10.0. The number of nitrogens with zero attached hydrogens (tertiary/aromatic N) is 1. The van der Waals surface area contributed by atoms with Crippen LogP contribution in [-0.2, 0) is 27.7 Å². The number of amides is 1. The third-order valence-corrected chi connectivity index (χ3v) is 6.46. The molecule has 0 fully saturated rings. The zero-order valence-electron chi connectivity index (χ0n) is 17.1. The molecule has 28 heavy (non-hydrogen) atoms. The normalized spacial score (nSPS) is 11.5. The lowest BCUT2D eigenvalue weighted by molar-refractivity contribution is -0.116. The predicted octanol–water partition coefficient (Wildman–Crippen LogP) is 3.39. The Labute approximate surface area is 167 Å². The molecule has 152 valence electrons. The third kappa shape index (κ3) is 4.72. The molecule has 0 aromatic heterocycles. The van der Waals surface area contributed by atoms with Crippen LogP contribution in [0.3, 0.4) is 0 Å². The summed E-state index contributed by atoms with van der Waals surface area (Å²) in [4.78, 5) is 12.7. The molecule has 0 atom stereocenters. The summed E-state index contributed by atoms with van der Waals surface area (Å²) >= 11 is 0. The van der Waals surface area contributed by atoms with Gasteiger partial charge in [-0.25, -0.2) is 8.42 Å². The van der Waals surface area contributed by atoms with Crippen LogP contribution in [0.1, 0.15) is 30.5 Å². The topological polar surface area (TPSA) is 75.7 Å². The van der Waals surface area contributed by atoms with Crippen LogP contribution in [0.2, 0.25) is 0 Å². The molecular weight excluding hydrogens is 376 g/mol. The Morgan fingerprint density at radius 2 is 1.71 bits per heavy atom. The first kappa shape index (κ1) is 21.9. The highest BCUT2D eigenvalue weighted by atomic mass is 32.2. The molecule has 6 nitrogen and oxygen atoms in total. The number of sulfonamides is 1. The Bertz CT molecular complexity index is 933. The van der Waals surface area contributed by atoms with Gasteiger partial charge in [0.15, 0.2) is 0 Å². The Kier molecular flexibility index (Phi) is 7.21. The average molecular weight is 405 g/mol. The van der Waals surface area contributed by atoms with Gasteiger partial charge in [-0.2, -0.15) is 4.31 Å². The maximum absolute atomic E-state index is 13.0. The smallest absolute Gasteiger partial charge is 0.246 e. The third-order valence-electron chi connectivity index (χ3n) is 4.64. The van der Waals surface area contributed by atoms with Gasteiger partial charge in [-0.3, -0.25) is 4.79 Å². The highest BCUT2D eigenvalue weighted by molar-refractivity contribution is 7.89. The minimum atomic E-state index is -3.88. The summed E-state index contributed by atoms with van der Waals surface area (Å²) in [5.74, 6) is -0.129. The van der Waals surface area contributed by atoms with E-state index < -0.39 is 10.0 Å². The molecule has 2 aromatic rings. The van der Waals surface area contributed by atoms with Crippen LogP contribution in [0.4, 0.5) is 5.69 Å². The zero-order valence-corrected chi connectivity index (χ0v) is 17.9. The number of ether oxygens (including phenoxy) is 1. The van der Waals surface area contributed by atoms with Gasteiger partial charge in [-0.05, 0) is 48.6 Å². The Balaban J connectivity index is 2.25. The quantitative estimate of drug-likeness (QED) is 0.732. The highest BCUT2D eigenvalue weighted by Crippen LogP contribution is 2.27. The van der Waals surface area contributed by atoms with E-state index in [1.165, 1.54) is 14.2 Å². The first-order valence-corrected chi connectivity index (χ1v) is 10.7. The molecule has 0 radical (unpaired) electrons. The number of nitrogens with one attached hydrogen (secondary N) is 1. The molecule has 1 N–H and O–H groups in total. The van der Waals surface area contributed by atoms with Crippen molar-refractivity contribution in [3.05, 3.63) is 53.1 Å². The molecule has 0 unspecified atom stereocenters. The SMILES string of the molecule is CCc1cccc(CC)c1NC(=O)CN(C)S(=O)(=O)c1cc(C)ccc1OC. The molecule has 0 spiro atoms. The summed E-state index contributed by atoms with van der Waals surface area (Å²) in [5, 5.41) is 2.90. The largest absolute Gasteiger partial charge is 0.495 e. The lowest BCUT2D eigenvalue weighted by Gasteiger charge is -2.20. The number of para-hydroxylation sites is 1. The van der Waals surface area contributed by atoms with Gasteiger partial charge in [0.1, 0.15) is 10.6 Å². The molecule has 0 bridgehead atoms. The number of aryl methyl sites for hydroxylation is 3. The molecule has 0 aliphatic heterocycles. The Morgan fingerprint density at radius 1 is 1.11 bits per heavy atom. The van der Waals surface area contributed by atoms with Gasteiger partial charge in [-0.1, -0.05) is 38.1 Å². The number of benzene rings is 2. The van der Waals surface area contributed by atoms with Crippen LogP contribution in [0, 0.1) is 6.92 Å². The van der Waals surface area contributed by atoms with E-state index in [9.17, 15) is 13.2 Å². The minimum Gasteiger partial charge on any atom is -0.495 e. The van der Waals surface area contributed by atoms with Crippen molar-refractivity contribution in [1.29, 1.82) is 0 Å². The standard InChI is InChI=1S/C21H28N2O4S/c1-6-16-9-8-10-17(7-2)21(16)22-20(24)14-23(4)28(25,26)19-13-15(3)11-12-18(19)27-5/h8-13H,6-7,14H2,1-5H3,(H,22,24). The van der Waals surface area contributed by atoms with Gasteiger partial charge in [0.25, 0.3) is 0 Å².